The van der Waals surface area contributed by atoms with Crippen molar-refractivity contribution in [1.82, 2.24) is 5.32 Å². The zero-order valence-corrected chi connectivity index (χ0v) is 16.5. The molecule has 0 saturated carbocycles. The fourth-order valence-electron chi connectivity index (χ4n) is 2.34. The fraction of sp³-hybridized carbons (Fsp3) is 0.286. The molecule has 0 aromatic heterocycles. The van der Waals surface area contributed by atoms with Crippen molar-refractivity contribution in [2.75, 3.05) is 20.8 Å². The normalized spacial score (nSPS) is 10.7. The number of nitrogens with one attached hydrogen (secondary N) is 1. The van der Waals surface area contributed by atoms with Crippen molar-refractivity contribution in [3.8, 4) is 17.2 Å². The van der Waals surface area contributed by atoms with Crippen molar-refractivity contribution in [3.63, 3.8) is 0 Å². The Morgan fingerprint density at radius 2 is 1.89 bits per heavy atom. The zero-order chi connectivity index (χ0) is 19.6. The Morgan fingerprint density at radius 1 is 1.15 bits per heavy atom. The van der Waals surface area contributed by atoms with Gasteiger partial charge in [-0.25, -0.2) is 0 Å². The van der Waals surface area contributed by atoms with Gasteiger partial charge in [-0.3, -0.25) is 4.79 Å². The molecule has 144 valence electrons. The van der Waals surface area contributed by atoms with Gasteiger partial charge in [-0.2, -0.15) is 0 Å². The number of carbonyl (C=O) groups excluding carboxylic acids is 1. The second kappa shape index (κ2) is 10.5. The summed E-state index contributed by atoms with van der Waals surface area (Å²) in [4.78, 5) is 12.0. The van der Waals surface area contributed by atoms with Crippen molar-refractivity contribution < 1.29 is 19.0 Å². The van der Waals surface area contributed by atoms with E-state index in [0.29, 0.717) is 29.7 Å². The lowest BCUT2D eigenvalue weighted by molar-refractivity contribution is -0.116. The average molecular weight is 390 g/mol. The van der Waals surface area contributed by atoms with Crippen LogP contribution in [0, 0.1) is 0 Å². The molecule has 0 bridgehead atoms. The van der Waals surface area contributed by atoms with Gasteiger partial charge in [0.05, 0.1) is 25.8 Å². The lowest BCUT2D eigenvalue weighted by Gasteiger charge is -2.12. The van der Waals surface area contributed by atoms with Crippen LogP contribution in [-0.2, 0) is 11.3 Å². The van der Waals surface area contributed by atoms with Crippen LogP contribution < -0.4 is 19.5 Å². The van der Waals surface area contributed by atoms with Crippen molar-refractivity contribution in [1.29, 1.82) is 0 Å². The summed E-state index contributed by atoms with van der Waals surface area (Å²) in [6.45, 7) is 3.00. The first-order chi connectivity index (χ1) is 13.1. The van der Waals surface area contributed by atoms with Crippen LogP contribution in [-0.4, -0.2) is 26.7 Å². The largest absolute Gasteiger partial charge is 0.497 e. The minimum atomic E-state index is -0.202. The molecule has 0 aliphatic rings. The summed E-state index contributed by atoms with van der Waals surface area (Å²) < 4.78 is 16.1. The van der Waals surface area contributed by atoms with Gasteiger partial charge in [0.15, 0.2) is 11.5 Å². The maximum atomic E-state index is 12.0. The molecule has 0 unspecified atom stereocenters. The van der Waals surface area contributed by atoms with Crippen LogP contribution in [0.15, 0.2) is 42.5 Å². The van der Waals surface area contributed by atoms with E-state index in [-0.39, 0.29) is 5.91 Å². The molecule has 0 radical (unpaired) electrons. The number of amides is 1. The molecule has 27 heavy (non-hydrogen) atoms. The highest BCUT2D eigenvalue weighted by molar-refractivity contribution is 6.32. The molecule has 2 aromatic rings. The van der Waals surface area contributed by atoms with Crippen LogP contribution in [0.5, 0.6) is 17.2 Å². The summed E-state index contributed by atoms with van der Waals surface area (Å²) in [5, 5.41) is 3.28. The monoisotopic (exact) mass is 389 g/mol. The van der Waals surface area contributed by atoms with E-state index in [0.717, 1.165) is 23.3 Å². The number of methoxy groups -OCH3 is 2. The van der Waals surface area contributed by atoms with Gasteiger partial charge in [-0.05, 0) is 47.9 Å². The summed E-state index contributed by atoms with van der Waals surface area (Å²) in [7, 11) is 3.17. The van der Waals surface area contributed by atoms with Gasteiger partial charge >= 0.3 is 0 Å². The van der Waals surface area contributed by atoms with E-state index in [1.807, 2.05) is 31.2 Å². The van der Waals surface area contributed by atoms with Gasteiger partial charge in [-0.1, -0.05) is 30.7 Å². The SMILES string of the molecule is CCCOc1c(Cl)cc(/C=C/C(=O)NCc2ccc(OC)cc2)cc1OC. The molecule has 1 N–H and O–H groups in total. The summed E-state index contributed by atoms with van der Waals surface area (Å²) in [5.41, 5.74) is 1.74. The lowest BCUT2D eigenvalue weighted by Crippen LogP contribution is -2.20. The minimum Gasteiger partial charge on any atom is -0.497 e. The van der Waals surface area contributed by atoms with E-state index in [1.54, 1.807) is 32.4 Å². The predicted octanol–water partition coefficient (Wildman–Crippen LogP) is 4.48. The molecule has 0 fully saturated rings. The molecule has 5 nitrogen and oxygen atoms in total. The summed E-state index contributed by atoms with van der Waals surface area (Å²) in [5.74, 6) is 1.63. The number of halogens is 1. The van der Waals surface area contributed by atoms with E-state index in [1.165, 1.54) is 6.08 Å². The number of hydrogen-bond donors (Lipinski definition) is 1. The van der Waals surface area contributed by atoms with Crippen LogP contribution in [0.25, 0.3) is 6.08 Å². The van der Waals surface area contributed by atoms with Crippen LogP contribution in [0.3, 0.4) is 0 Å². The fourth-order valence-corrected chi connectivity index (χ4v) is 2.62. The quantitative estimate of drug-likeness (QED) is 0.642. The van der Waals surface area contributed by atoms with Crippen molar-refractivity contribution in [3.05, 3.63) is 58.6 Å². The van der Waals surface area contributed by atoms with Crippen LogP contribution in [0.2, 0.25) is 5.02 Å². The van der Waals surface area contributed by atoms with E-state index < -0.39 is 0 Å². The number of rotatable bonds is 9. The van der Waals surface area contributed by atoms with Gasteiger partial charge in [0.25, 0.3) is 0 Å². The second-order valence-corrected chi connectivity index (χ2v) is 6.19. The second-order valence-electron chi connectivity index (χ2n) is 5.78. The van der Waals surface area contributed by atoms with Gasteiger partial charge in [0.1, 0.15) is 5.75 Å². The van der Waals surface area contributed by atoms with Gasteiger partial charge in [-0.15, -0.1) is 0 Å². The van der Waals surface area contributed by atoms with Crippen LogP contribution >= 0.6 is 11.6 Å². The summed E-state index contributed by atoms with van der Waals surface area (Å²) in [6, 6.07) is 11.0. The highest BCUT2D eigenvalue weighted by Gasteiger charge is 2.11. The molecule has 0 spiro atoms. The molecule has 6 heteroatoms. The maximum absolute atomic E-state index is 12.0. The van der Waals surface area contributed by atoms with E-state index in [2.05, 4.69) is 5.32 Å². The number of hydrogen-bond acceptors (Lipinski definition) is 4. The van der Waals surface area contributed by atoms with Crippen LogP contribution in [0.4, 0.5) is 0 Å². The topological polar surface area (TPSA) is 56.8 Å². The van der Waals surface area contributed by atoms with Crippen molar-refractivity contribution in [2.24, 2.45) is 0 Å². The predicted molar refractivity (Wildman–Crippen MR) is 108 cm³/mol. The number of carbonyl (C=O) groups is 1. The minimum absolute atomic E-state index is 0.202. The van der Waals surface area contributed by atoms with E-state index in [4.69, 9.17) is 25.8 Å². The Bertz CT molecular complexity index is 788. The Hall–Kier alpha value is -2.66. The first-order valence-electron chi connectivity index (χ1n) is 8.66. The third-order valence-corrected chi connectivity index (χ3v) is 4.04. The van der Waals surface area contributed by atoms with E-state index >= 15 is 0 Å². The first kappa shape index (κ1) is 20.6. The third-order valence-electron chi connectivity index (χ3n) is 3.76. The Morgan fingerprint density at radius 3 is 2.52 bits per heavy atom. The van der Waals surface area contributed by atoms with Crippen molar-refractivity contribution >= 4 is 23.6 Å². The summed E-state index contributed by atoms with van der Waals surface area (Å²) in [6.07, 6.45) is 4.01. The third kappa shape index (κ3) is 6.22. The maximum Gasteiger partial charge on any atom is 0.244 e. The smallest absolute Gasteiger partial charge is 0.244 e. The average Bonchev–Trinajstić information content (AvgIpc) is 2.69. The van der Waals surface area contributed by atoms with Gasteiger partial charge < -0.3 is 19.5 Å². The van der Waals surface area contributed by atoms with Crippen molar-refractivity contribution in [2.45, 2.75) is 19.9 Å². The summed E-state index contributed by atoms with van der Waals surface area (Å²) >= 11 is 6.28. The molecule has 2 aromatic carbocycles. The molecular weight excluding hydrogens is 366 g/mol. The highest BCUT2D eigenvalue weighted by Crippen LogP contribution is 2.36. The molecule has 0 atom stereocenters. The highest BCUT2D eigenvalue weighted by atomic mass is 35.5. The van der Waals surface area contributed by atoms with Gasteiger partial charge in [0.2, 0.25) is 5.91 Å². The molecule has 0 aliphatic heterocycles. The standard InChI is InChI=1S/C21H24ClNO4/c1-4-11-27-21-18(22)12-16(13-19(21)26-3)7-10-20(24)23-14-15-5-8-17(25-2)9-6-15/h5-10,12-13H,4,11,14H2,1-3H3,(H,23,24)/b10-7+. The molecule has 2 rings (SSSR count). The molecule has 0 aliphatic carbocycles. The van der Waals surface area contributed by atoms with Gasteiger partial charge in [0, 0.05) is 12.6 Å². The number of benzene rings is 2. The lowest BCUT2D eigenvalue weighted by atomic mass is 10.1. The zero-order valence-electron chi connectivity index (χ0n) is 15.8. The first-order valence-corrected chi connectivity index (χ1v) is 9.04. The van der Waals surface area contributed by atoms with E-state index in [9.17, 15) is 4.79 Å². The Balaban J connectivity index is 1.99. The molecular formula is C21H24ClNO4. The molecule has 0 saturated heterocycles. The Kier molecular flexibility index (Phi) is 8.01. The Labute approximate surface area is 164 Å². The van der Waals surface area contributed by atoms with Crippen LogP contribution in [0.1, 0.15) is 24.5 Å². The number of ether oxygens (including phenoxy) is 3. The molecule has 0 heterocycles. The molecule has 1 amide bonds.